The fourth-order valence-corrected chi connectivity index (χ4v) is 4.64. The van der Waals surface area contributed by atoms with Crippen LogP contribution in [0.25, 0.3) is 0 Å². The number of nitrogens with one attached hydrogen (secondary N) is 1. The quantitative estimate of drug-likeness (QED) is 0.445. The largest absolute Gasteiger partial charge is 0.454 e. The fraction of sp³-hybridized carbons (Fsp3) is 0.259. The molecule has 3 aromatic rings. The van der Waals surface area contributed by atoms with Gasteiger partial charge >= 0.3 is 6.03 Å². The number of hydrogen-bond donors (Lipinski definition) is 1. The number of nitrogens with zero attached hydrogens (tertiary/aromatic N) is 3. The molecule has 0 radical (unpaired) electrons. The van der Waals surface area contributed by atoms with Gasteiger partial charge in [-0.25, -0.2) is 9.79 Å². The molecule has 1 atom stereocenters. The predicted molar refractivity (Wildman–Crippen MR) is 137 cm³/mol. The lowest BCUT2D eigenvalue weighted by Gasteiger charge is -2.41. The second-order valence-corrected chi connectivity index (χ2v) is 9.37. The van der Waals surface area contributed by atoms with Crippen LogP contribution in [0, 0.1) is 13.8 Å². The molecule has 1 fully saturated rings. The van der Waals surface area contributed by atoms with Crippen LogP contribution in [0.15, 0.2) is 65.7 Å². The molecular formula is C27H27ClN4O2. The molecule has 2 amide bonds. The Morgan fingerprint density at radius 1 is 1.03 bits per heavy atom. The van der Waals surface area contributed by atoms with Crippen molar-refractivity contribution >= 4 is 34.8 Å². The molecule has 1 N–H and O–H groups in total. The number of piperazine rings is 1. The van der Waals surface area contributed by atoms with E-state index in [0.717, 1.165) is 39.7 Å². The zero-order valence-corrected chi connectivity index (χ0v) is 20.3. The number of amidine groups is 1. The summed E-state index contributed by atoms with van der Waals surface area (Å²) in [5, 5.41) is 3.55. The first-order valence-corrected chi connectivity index (χ1v) is 11.8. The lowest BCUT2D eigenvalue weighted by Crippen LogP contribution is -2.56. The Hall–Kier alpha value is -3.51. The smallest absolute Gasteiger partial charge is 0.322 e. The van der Waals surface area contributed by atoms with E-state index < -0.39 is 0 Å². The number of rotatable bonds is 1. The summed E-state index contributed by atoms with van der Waals surface area (Å²) in [7, 11) is 0. The number of benzene rings is 3. The van der Waals surface area contributed by atoms with Crippen LogP contribution in [0.5, 0.6) is 11.5 Å². The maximum atomic E-state index is 13.0. The molecule has 6 nitrogen and oxygen atoms in total. The van der Waals surface area contributed by atoms with Gasteiger partial charge in [0, 0.05) is 36.4 Å². The highest BCUT2D eigenvalue weighted by molar-refractivity contribution is 6.30. The van der Waals surface area contributed by atoms with Gasteiger partial charge in [-0.05, 0) is 68.8 Å². The molecular weight excluding hydrogens is 448 g/mol. The van der Waals surface area contributed by atoms with Gasteiger partial charge in [-0.3, -0.25) is 0 Å². The number of urea groups is 1. The van der Waals surface area contributed by atoms with Gasteiger partial charge in [0.1, 0.15) is 17.3 Å². The maximum Gasteiger partial charge on any atom is 0.322 e. The molecule has 0 saturated carbocycles. The summed E-state index contributed by atoms with van der Waals surface area (Å²) in [4.78, 5) is 22.1. The Morgan fingerprint density at radius 3 is 2.62 bits per heavy atom. The van der Waals surface area contributed by atoms with Crippen molar-refractivity contribution in [1.29, 1.82) is 0 Å². The van der Waals surface area contributed by atoms with E-state index in [1.807, 2.05) is 48.2 Å². The first-order valence-electron chi connectivity index (χ1n) is 11.4. The minimum absolute atomic E-state index is 0.00875. The van der Waals surface area contributed by atoms with Crippen LogP contribution in [0.1, 0.15) is 23.6 Å². The number of aryl methyl sites for hydroxylation is 2. The Kier molecular flexibility index (Phi) is 5.92. The summed E-state index contributed by atoms with van der Waals surface area (Å²) in [6, 6.07) is 19.3. The average molecular weight is 475 g/mol. The molecule has 2 aliphatic rings. The fourth-order valence-electron chi connectivity index (χ4n) is 4.45. The van der Waals surface area contributed by atoms with Crippen LogP contribution in [0.2, 0.25) is 5.02 Å². The third kappa shape index (κ3) is 4.46. The highest BCUT2D eigenvalue weighted by atomic mass is 35.5. The van der Waals surface area contributed by atoms with Gasteiger partial charge in [0.05, 0.1) is 5.56 Å². The highest BCUT2D eigenvalue weighted by Gasteiger charge is 2.31. The first kappa shape index (κ1) is 22.3. The third-order valence-corrected chi connectivity index (χ3v) is 6.44. The minimum Gasteiger partial charge on any atom is -0.454 e. The van der Waals surface area contributed by atoms with E-state index >= 15 is 0 Å². The van der Waals surface area contributed by atoms with E-state index in [1.165, 1.54) is 0 Å². The first-order chi connectivity index (χ1) is 16.4. The number of ether oxygens (including phenoxy) is 1. The molecule has 7 heteroatoms. The van der Waals surface area contributed by atoms with Crippen LogP contribution in [0.4, 0.5) is 16.2 Å². The third-order valence-electron chi connectivity index (χ3n) is 6.20. The van der Waals surface area contributed by atoms with Gasteiger partial charge < -0.3 is 19.9 Å². The second-order valence-electron chi connectivity index (χ2n) is 8.94. The van der Waals surface area contributed by atoms with Crippen LogP contribution < -0.4 is 10.1 Å². The summed E-state index contributed by atoms with van der Waals surface area (Å²) < 4.78 is 6.29. The van der Waals surface area contributed by atoms with Gasteiger partial charge in [0.25, 0.3) is 0 Å². The summed E-state index contributed by atoms with van der Waals surface area (Å²) in [5.41, 5.74) is 4.73. The van der Waals surface area contributed by atoms with Gasteiger partial charge in [0.2, 0.25) is 0 Å². The van der Waals surface area contributed by atoms with E-state index in [0.29, 0.717) is 30.3 Å². The number of carbonyl (C=O) groups excluding carboxylic acids is 1. The Balaban J connectivity index is 1.41. The number of anilines is 1. The Morgan fingerprint density at radius 2 is 1.82 bits per heavy atom. The standard InChI is InChI=1S/C27H27ClN4O2/c1-17-8-10-24-22(13-17)26(30-23-9-7-18(2)14-25(23)34-24)31-11-12-32(19(3)16-31)27(33)29-21-6-4-5-20(28)15-21/h4-10,13-15,19H,11-12,16H2,1-3H3,(H,29,33)/t19-/m0/s1. The maximum absolute atomic E-state index is 13.0. The molecule has 5 rings (SSSR count). The van der Waals surface area contributed by atoms with Crippen LogP contribution in [0.3, 0.4) is 0 Å². The molecule has 34 heavy (non-hydrogen) atoms. The zero-order valence-electron chi connectivity index (χ0n) is 19.5. The molecule has 2 heterocycles. The topological polar surface area (TPSA) is 57.2 Å². The number of aliphatic imine (C=N–C) groups is 1. The molecule has 3 aromatic carbocycles. The monoisotopic (exact) mass is 474 g/mol. The Labute approximate surface area is 204 Å². The van der Waals surface area contributed by atoms with Crippen molar-refractivity contribution in [3.63, 3.8) is 0 Å². The number of fused-ring (bicyclic) bond motifs is 2. The van der Waals surface area contributed by atoms with Crippen molar-refractivity contribution in [2.75, 3.05) is 25.0 Å². The van der Waals surface area contributed by atoms with Crippen molar-refractivity contribution in [3.05, 3.63) is 82.4 Å². The van der Waals surface area contributed by atoms with Crippen molar-refractivity contribution in [2.24, 2.45) is 4.99 Å². The number of hydrogen-bond acceptors (Lipinski definition) is 4. The van der Waals surface area contributed by atoms with Crippen molar-refractivity contribution in [3.8, 4) is 11.5 Å². The van der Waals surface area contributed by atoms with E-state index in [9.17, 15) is 4.79 Å². The molecule has 1 saturated heterocycles. The van der Waals surface area contributed by atoms with E-state index in [2.05, 4.69) is 36.2 Å². The molecule has 0 unspecified atom stereocenters. The molecule has 0 aliphatic carbocycles. The predicted octanol–water partition coefficient (Wildman–Crippen LogP) is 6.38. The zero-order chi connectivity index (χ0) is 23.8. The van der Waals surface area contributed by atoms with Crippen molar-refractivity contribution < 1.29 is 9.53 Å². The number of amides is 2. The van der Waals surface area contributed by atoms with E-state index in [4.69, 9.17) is 21.3 Å². The molecule has 0 bridgehead atoms. The van der Waals surface area contributed by atoms with Gasteiger partial charge in [-0.1, -0.05) is 35.4 Å². The van der Waals surface area contributed by atoms with Gasteiger partial charge in [-0.2, -0.15) is 0 Å². The molecule has 0 aromatic heterocycles. The second kappa shape index (κ2) is 9.03. The normalized spacial score (nSPS) is 17.2. The van der Waals surface area contributed by atoms with Crippen LogP contribution >= 0.6 is 11.6 Å². The van der Waals surface area contributed by atoms with Crippen LogP contribution in [-0.4, -0.2) is 47.3 Å². The van der Waals surface area contributed by atoms with Gasteiger partial charge in [-0.15, -0.1) is 0 Å². The summed E-state index contributed by atoms with van der Waals surface area (Å²) in [6.07, 6.45) is 0. The van der Waals surface area contributed by atoms with Crippen molar-refractivity contribution in [2.45, 2.75) is 26.8 Å². The number of halogens is 1. The minimum atomic E-state index is -0.127. The lowest BCUT2D eigenvalue weighted by molar-refractivity contribution is 0.145. The van der Waals surface area contributed by atoms with Crippen LogP contribution in [-0.2, 0) is 0 Å². The van der Waals surface area contributed by atoms with Gasteiger partial charge in [0.15, 0.2) is 5.75 Å². The average Bonchev–Trinajstić information content (AvgIpc) is 2.95. The molecule has 174 valence electrons. The van der Waals surface area contributed by atoms with Crippen molar-refractivity contribution in [1.82, 2.24) is 9.80 Å². The summed E-state index contributed by atoms with van der Waals surface area (Å²) in [5.74, 6) is 2.43. The summed E-state index contributed by atoms with van der Waals surface area (Å²) in [6.45, 7) is 8.09. The Bertz CT molecular complexity index is 1290. The molecule has 2 aliphatic heterocycles. The van der Waals surface area contributed by atoms with E-state index in [-0.39, 0.29) is 12.1 Å². The summed E-state index contributed by atoms with van der Waals surface area (Å²) >= 11 is 6.06. The SMILES string of the molecule is Cc1ccc2c(c1)Oc1ccc(C)cc1C(N1CCN(C(=O)Nc3cccc(Cl)c3)[C@@H](C)C1)=N2. The van der Waals surface area contributed by atoms with E-state index in [1.54, 1.807) is 12.1 Å². The lowest BCUT2D eigenvalue weighted by atomic mass is 10.1. The number of carbonyl (C=O) groups is 1. The molecule has 0 spiro atoms. The highest BCUT2D eigenvalue weighted by Crippen LogP contribution is 2.39.